The Kier molecular flexibility index (Phi) is 5.40. The number of amides is 2. The van der Waals surface area contributed by atoms with Crippen LogP contribution in [0.3, 0.4) is 0 Å². The van der Waals surface area contributed by atoms with Gasteiger partial charge >= 0.3 is 6.09 Å². The van der Waals surface area contributed by atoms with Crippen molar-refractivity contribution in [3.8, 4) is 0 Å². The normalized spacial score (nSPS) is 19.3. The number of nitrogens with zero attached hydrogens (tertiary/aromatic N) is 2. The Bertz CT molecular complexity index is 905. The van der Waals surface area contributed by atoms with Crippen LogP contribution in [0.5, 0.6) is 0 Å². The molecule has 0 spiro atoms. The van der Waals surface area contributed by atoms with E-state index < -0.39 is 6.09 Å². The second-order valence-corrected chi connectivity index (χ2v) is 7.61. The monoisotopic (exact) mass is 394 g/mol. The molecule has 29 heavy (non-hydrogen) atoms. The van der Waals surface area contributed by atoms with Gasteiger partial charge in [-0.3, -0.25) is 10.1 Å². The average molecular weight is 394 g/mol. The predicted octanol–water partition coefficient (Wildman–Crippen LogP) is 3.09. The van der Waals surface area contributed by atoms with E-state index in [2.05, 4.69) is 56.5 Å². The molecule has 2 heterocycles. The summed E-state index contributed by atoms with van der Waals surface area (Å²) in [7, 11) is 3.47. The van der Waals surface area contributed by atoms with Crippen LogP contribution in [-0.2, 0) is 9.53 Å². The molecule has 0 bridgehead atoms. The number of carbonyl (C=O) groups is 2. The van der Waals surface area contributed by atoms with Gasteiger partial charge in [0, 0.05) is 55.6 Å². The molecule has 1 atom stereocenters. The van der Waals surface area contributed by atoms with Crippen LogP contribution in [0.2, 0.25) is 0 Å². The number of nitrogens with one attached hydrogen (secondary N) is 2. The van der Waals surface area contributed by atoms with E-state index in [1.165, 1.54) is 12.8 Å². The molecule has 2 aromatic rings. The van der Waals surface area contributed by atoms with Crippen LogP contribution >= 0.6 is 0 Å². The predicted molar refractivity (Wildman–Crippen MR) is 114 cm³/mol. The molecule has 7 heteroatoms. The highest BCUT2D eigenvalue weighted by atomic mass is 16.5. The van der Waals surface area contributed by atoms with E-state index in [9.17, 15) is 9.59 Å². The molecule has 2 aliphatic rings. The summed E-state index contributed by atoms with van der Waals surface area (Å²) in [5, 5.41) is 5.55. The number of ether oxygens (including phenoxy) is 1. The molecule has 2 aromatic carbocycles. The van der Waals surface area contributed by atoms with Crippen molar-refractivity contribution < 1.29 is 14.3 Å². The number of fused-ring (bicyclic) bond motifs is 1. The van der Waals surface area contributed by atoms with Gasteiger partial charge in [0.15, 0.2) is 0 Å². The summed E-state index contributed by atoms with van der Waals surface area (Å²) in [6.07, 6.45) is -0.131. The number of hydrogen-bond acceptors (Lipinski definition) is 5. The zero-order chi connectivity index (χ0) is 20.4. The van der Waals surface area contributed by atoms with Crippen LogP contribution in [-0.4, -0.2) is 57.2 Å². The molecule has 0 aliphatic carbocycles. The van der Waals surface area contributed by atoms with Gasteiger partial charge in [-0.2, -0.15) is 0 Å². The highest BCUT2D eigenvalue weighted by Gasteiger charge is 2.27. The van der Waals surface area contributed by atoms with Crippen LogP contribution < -0.4 is 15.5 Å². The van der Waals surface area contributed by atoms with Gasteiger partial charge in [-0.15, -0.1) is 0 Å². The Morgan fingerprint density at radius 1 is 1.10 bits per heavy atom. The third-order valence-corrected chi connectivity index (χ3v) is 5.69. The molecule has 0 aromatic heterocycles. The van der Waals surface area contributed by atoms with Crippen LogP contribution in [0.4, 0.5) is 21.9 Å². The minimum absolute atomic E-state index is 0.00698. The third-order valence-electron chi connectivity index (χ3n) is 5.69. The number of anilines is 3. The van der Waals surface area contributed by atoms with Crippen molar-refractivity contribution in [3.05, 3.63) is 53.6 Å². The summed E-state index contributed by atoms with van der Waals surface area (Å²) < 4.78 is 4.63. The van der Waals surface area contributed by atoms with E-state index in [0.29, 0.717) is 12.1 Å². The molecule has 152 valence electrons. The second-order valence-electron chi connectivity index (χ2n) is 7.61. The SMILES string of the molecule is COC(=O)Nc1ccc2c(c1)NC(=O)CC2c1ccc(N2CCN(C)CC2)cc1. The molecule has 4 rings (SSSR count). The van der Waals surface area contributed by atoms with Gasteiger partial charge in [-0.25, -0.2) is 4.79 Å². The number of carbonyl (C=O) groups excluding carboxylic acids is 2. The molecule has 1 saturated heterocycles. The van der Waals surface area contributed by atoms with E-state index in [1.807, 2.05) is 12.1 Å². The minimum Gasteiger partial charge on any atom is -0.453 e. The van der Waals surface area contributed by atoms with Crippen molar-refractivity contribution in [1.82, 2.24) is 4.90 Å². The molecular weight excluding hydrogens is 368 g/mol. The van der Waals surface area contributed by atoms with E-state index in [-0.39, 0.29) is 11.8 Å². The number of likely N-dealkylation sites (N-methyl/N-ethyl adjacent to an activating group) is 1. The Morgan fingerprint density at radius 3 is 2.52 bits per heavy atom. The lowest BCUT2D eigenvalue weighted by molar-refractivity contribution is -0.116. The summed E-state index contributed by atoms with van der Waals surface area (Å²) in [4.78, 5) is 28.5. The van der Waals surface area contributed by atoms with Gasteiger partial charge < -0.3 is 19.9 Å². The fraction of sp³-hybridized carbons (Fsp3) is 0.364. The van der Waals surface area contributed by atoms with Crippen molar-refractivity contribution >= 4 is 29.1 Å². The molecule has 0 saturated carbocycles. The van der Waals surface area contributed by atoms with Gasteiger partial charge in [0.25, 0.3) is 0 Å². The Morgan fingerprint density at radius 2 is 1.83 bits per heavy atom. The van der Waals surface area contributed by atoms with Crippen LogP contribution in [0.25, 0.3) is 0 Å². The molecular formula is C22H26N4O3. The Balaban J connectivity index is 1.56. The van der Waals surface area contributed by atoms with Crippen molar-refractivity contribution in [2.24, 2.45) is 0 Å². The summed E-state index contributed by atoms with van der Waals surface area (Å²) in [5.41, 5.74) is 4.70. The largest absolute Gasteiger partial charge is 0.453 e. The van der Waals surface area contributed by atoms with Gasteiger partial charge in [-0.1, -0.05) is 18.2 Å². The van der Waals surface area contributed by atoms with E-state index in [0.717, 1.165) is 43.0 Å². The third kappa shape index (κ3) is 4.19. The van der Waals surface area contributed by atoms with Crippen molar-refractivity contribution in [1.29, 1.82) is 0 Å². The number of piperazine rings is 1. The lowest BCUT2D eigenvalue weighted by Crippen LogP contribution is -2.44. The number of rotatable bonds is 3. The maximum atomic E-state index is 12.3. The van der Waals surface area contributed by atoms with Crippen molar-refractivity contribution in [3.63, 3.8) is 0 Å². The van der Waals surface area contributed by atoms with E-state index in [1.54, 1.807) is 6.07 Å². The quantitative estimate of drug-likeness (QED) is 0.837. The first kappa shape index (κ1) is 19.3. The topological polar surface area (TPSA) is 73.9 Å². The molecule has 0 radical (unpaired) electrons. The summed E-state index contributed by atoms with van der Waals surface area (Å²) in [6, 6.07) is 14.1. The number of hydrogen-bond donors (Lipinski definition) is 2. The summed E-state index contributed by atoms with van der Waals surface area (Å²) >= 11 is 0. The zero-order valence-corrected chi connectivity index (χ0v) is 16.8. The summed E-state index contributed by atoms with van der Waals surface area (Å²) in [6.45, 7) is 4.20. The smallest absolute Gasteiger partial charge is 0.411 e. The minimum atomic E-state index is -0.539. The molecule has 2 amide bonds. The maximum Gasteiger partial charge on any atom is 0.411 e. The van der Waals surface area contributed by atoms with Crippen LogP contribution in [0.15, 0.2) is 42.5 Å². The van der Waals surface area contributed by atoms with Gasteiger partial charge in [-0.05, 0) is 42.4 Å². The van der Waals surface area contributed by atoms with Crippen molar-refractivity contribution in [2.45, 2.75) is 12.3 Å². The van der Waals surface area contributed by atoms with Crippen LogP contribution in [0, 0.1) is 0 Å². The zero-order valence-electron chi connectivity index (χ0n) is 16.8. The first-order valence-electron chi connectivity index (χ1n) is 9.85. The highest BCUT2D eigenvalue weighted by Crippen LogP contribution is 2.38. The lowest BCUT2D eigenvalue weighted by Gasteiger charge is -2.34. The number of benzene rings is 2. The first-order valence-corrected chi connectivity index (χ1v) is 9.85. The Hall–Kier alpha value is -3.06. The van der Waals surface area contributed by atoms with Gasteiger partial charge in [0.2, 0.25) is 5.91 Å². The summed E-state index contributed by atoms with van der Waals surface area (Å²) in [5.74, 6) is -0.0340. The standard InChI is InChI=1S/C22H26N4O3/c1-25-9-11-26(12-10-25)17-6-3-15(4-7-17)19-14-21(27)24-20-13-16(5-8-18(19)20)23-22(28)29-2/h3-8,13,19H,9-12,14H2,1-2H3,(H,23,28)(H,24,27). The fourth-order valence-electron chi connectivity index (χ4n) is 3.99. The molecule has 1 fully saturated rings. The maximum absolute atomic E-state index is 12.3. The second kappa shape index (κ2) is 8.13. The number of methoxy groups -OCH3 is 1. The fourth-order valence-corrected chi connectivity index (χ4v) is 3.99. The lowest BCUT2D eigenvalue weighted by atomic mass is 9.84. The molecule has 7 nitrogen and oxygen atoms in total. The van der Waals surface area contributed by atoms with Gasteiger partial charge in [0.05, 0.1) is 7.11 Å². The highest BCUT2D eigenvalue weighted by molar-refractivity contribution is 5.96. The molecule has 2 aliphatic heterocycles. The van der Waals surface area contributed by atoms with E-state index >= 15 is 0 Å². The van der Waals surface area contributed by atoms with Crippen LogP contribution in [0.1, 0.15) is 23.5 Å². The average Bonchev–Trinajstić information content (AvgIpc) is 2.73. The molecule has 2 N–H and O–H groups in total. The van der Waals surface area contributed by atoms with E-state index in [4.69, 9.17) is 0 Å². The molecule has 1 unspecified atom stereocenters. The van der Waals surface area contributed by atoms with Crippen molar-refractivity contribution in [2.75, 3.05) is 55.9 Å². The van der Waals surface area contributed by atoms with Gasteiger partial charge in [0.1, 0.15) is 0 Å². The Labute approximate surface area is 170 Å². The first-order chi connectivity index (χ1) is 14.0.